The molecule has 1 amide bonds. The number of carbonyl (C=O) groups excluding carboxylic acids is 1. The minimum Gasteiger partial charge on any atom is -0.479 e. The zero-order valence-corrected chi connectivity index (χ0v) is 14.1. The molecule has 1 heterocycles. The molecule has 0 radical (unpaired) electrons. The minimum atomic E-state index is -0.591. The van der Waals surface area contributed by atoms with Crippen LogP contribution in [0.15, 0.2) is 18.2 Å². The van der Waals surface area contributed by atoms with Crippen LogP contribution >= 0.6 is 11.6 Å². The fourth-order valence-electron chi connectivity index (χ4n) is 2.80. The first-order valence-electron chi connectivity index (χ1n) is 7.78. The molecule has 3 unspecified atom stereocenters. The number of hydrogen-bond donors (Lipinski definition) is 1. The molecule has 3 atom stereocenters. The van der Waals surface area contributed by atoms with E-state index in [1.54, 1.807) is 24.8 Å². The van der Waals surface area contributed by atoms with E-state index in [0.717, 1.165) is 24.9 Å². The van der Waals surface area contributed by atoms with Crippen LogP contribution in [0.5, 0.6) is 5.75 Å². The van der Waals surface area contributed by atoms with Gasteiger partial charge in [-0.25, -0.2) is 0 Å². The number of piperidine rings is 1. The number of rotatable bonds is 4. The van der Waals surface area contributed by atoms with Crippen LogP contribution in [-0.2, 0) is 4.79 Å². The maximum atomic E-state index is 12.5. The summed E-state index contributed by atoms with van der Waals surface area (Å²) in [6, 6.07) is 5.51. The zero-order valence-electron chi connectivity index (χ0n) is 13.4. The predicted molar refractivity (Wildman–Crippen MR) is 87.3 cm³/mol. The van der Waals surface area contributed by atoms with Gasteiger partial charge in [0.05, 0.1) is 11.1 Å². The molecule has 1 saturated heterocycles. The van der Waals surface area contributed by atoms with Crippen LogP contribution in [-0.4, -0.2) is 41.2 Å². The highest BCUT2D eigenvalue weighted by Crippen LogP contribution is 2.27. The number of carbonyl (C=O) groups is 1. The number of amides is 1. The second-order valence-electron chi connectivity index (χ2n) is 6.12. The molecular formula is C17H24ClNO3. The average molecular weight is 326 g/mol. The van der Waals surface area contributed by atoms with E-state index in [4.69, 9.17) is 16.3 Å². The molecule has 0 aromatic heterocycles. The summed E-state index contributed by atoms with van der Waals surface area (Å²) >= 11 is 6.11. The predicted octanol–water partition coefficient (Wildman–Crippen LogP) is 3.04. The van der Waals surface area contributed by atoms with Crippen LogP contribution < -0.4 is 4.74 Å². The van der Waals surface area contributed by atoms with Crippen molar-refractivity contribution < 1.29 is 14.6 Å². The lowest BCUT2D eigenvalue weighted by Gasteiger charge is -2.35. The number of likely N-dealkylation sites (tertiary alicyclic amines) is 1. The van der Waals surface area contributed by atoms with E-state index in [-0.39, 0.29) is 11.8 Å². The van der Waals surface area contributed by atoms with Crippen LogP contribution in [0.3, 0.4) is 0 Å². The van der Waals surface area contributed by atoms with E-state index in [1.807, 2.05) is 19.1 Å². The Morgan fingerprint density at radius 1 is 1.45 bits per heavy atom. The van der Waals surface area contributed by atoms with E-state index in [2.05, 4.69) is 0 Å². The monoisotopic (exact) mass is 325 g/mol. The summed E-state index contributed by atoms with van der Waals surface area (Å²) in [5.74, 6) is 0.627. The van der Waals surface area contributed by atoms with Crippen molar-refractivity contribution in [1.82, 2.24) is 4.90 Å². The van der Waals surface area contributed by atoms with Gasteiger partial charge in [0.15, 0.2) is 6.10 Å². The molecule has 0 aliphatic carbocycles. The third-order valence-corrected chi connectivity index (χ3v) is 4.50. The molecule has 1 aromatic rings. The topological polar surface area (TPSA) is 49.8 Å². The SMILES string of the molecule is Cc1ccc(Cl)c(OC(C)C(=O)N2CCCC(C(C)O)C2)c1. The Balaban J connectivity index is 2.01. The van der Waals surface area contributed by atoms with Gasteiger partial charge in [0.1, 0.15) is 5.75 Å². The van der Waals surface area contributed by atoms with Crippen molar-refractivity contribution in [3.05, 3.63) is 28.8 Å². The third kappa shape index (κ3) is 4.14. The van der Waals surface area contributed by atoms with Crippen LogP contribution in [0, 0.1) is 12.8 Å². The standard InChI is InChI=1S/C17H24ClNO3/c1-11-6-7-15(18)16(9-11)22-13(3)17(21)19-8-4-5-14(10-19)12(2)20/h6-7,9,12-14,20H,4-5,8,10H2,1-3H3. The van der Waals surface area contributed by atoms with Gasteiger partial charge < -0.3 is 14.7 Å². The molecule has 2 rings (SSSR count). The van der Waals surface area contributed by atoms with Gasteiger partial charge in [0.2, 0.25) is 0 Å². The summed E-state index contributed by atoms with van der Waals surface area (Å²) in [7, 11) is 0. The number of ether oxygens (including phenoxy) is 1. The van der Waals surface area contributed by atoms with Crippen LogP contribution in [0.1, 0.15) is 32.3 Å². The van der Waals surface area contributed by atoms with E-state index < -0.39 is 12.2 Å². The van der Waals surface area contributed by atoms with Crippen molar-refractivity contribution in [1.29, 1.82) is 0 Å². The molecule has 1 aliphatic heterocycles. The van der Waals surface area contributed by atoms with Crippen molar-refractivity contribution in [2.45, 2.75) is 45.8 Å². The average Bonchev–Trinajstić information content (AvgIpc) is 2.50. The Morgan fingerprint density at radius 2 is 2.18 bits per heavy atom. The summed E-state index contributed by atoms with van der Waals surface area (Å²) in [5, 5.41) is 10.2. The molecule has 1 N–H and O–H groups in total. The lowest BCUT2D eigenvalue weighted by atomic mass is 9.93. The molecule has 0 saturated carbocycles. The first-order valence-corrected chi connectivity index (χ1v) is 8.16. The maximum absolute atomic E-state index is 12.5. The first kappa shape index (κ1) is 17.1. The number of nitrogens with zero attached hydrogens (tertiary/aromatic N) is 1. The summed E-state index contributed by atoms with van der Waals surface area (Å²) in [6.07, 6.45) is 0.893. The van der Waals surface area contributed by atoms with Crippen molar-refractivity contribution >= 4 is 17.5 Å². The normalized spacial score (nSPS) is 21.3. The molecule has 0 bridgehead atoms. The lowest BCUT2D eigenvalue weighted by Crippen LogP contribution is -2.47. The van der Waals surface area contributed by atoms with E-state index in [9.17, 15) is 9.90 Å². The molecular weight excluding hydrogens is 302 g/mol. The second kappa shape index (κ2) is 7.34. The van der Waals surface area contributed by atoms with Crippen molar-refractivity contribution in [3.8, 4) is 5.75 Å². The fraction of sp³-hybridized carbons (Fsp3) is 0.588. The van der Waals surface area contributed by atoms with E-state index >= 15 is 0 Å². The van der Waals surface area contributed by atoms with Gasteiger partial charge in [0.25, 0.3) is 5.91 Å². The van der Waals surface area contributed by atoms with Gasteiger partial charge >= 0.3 is 0 Å². The van der Waals surface area contributed by atoms with Gasteiger partial charge in [0, 0.05) is 19.0 Å². The van der Waals surface area contributed by atoms with Crippen LogP contribution in [0.2, 0.25) is 5.02 Å². The fourth-order valence-corrected chi connectivity index (χ4v) is 2.96. The van der Waals surface area contributed by atoms with Gasteiger partial charge in [-0.3, -0.25) is 4.79 Å². The third-order valence-electron chi connectivity index (χ3n) is 4.19. The molecule has 0 spiro atoms. The molecule has 1 aliphatic rings. The van der Waals surface area contributed by atoms with Crippen molar-refractivity contribution in [2.75, 3.05) is 13.1 Å². The van der Waals surface area contributed by atoms with Crippen LogP contribution in [0.25, 0.3) is 0 Å². The van der Waals surface area contributed by atoms with Gasteiger partial charge in [-0.2, -0.15) is 0 Å². The molecule has 5 heteroatoms. The number of aliphatic hydroxyl groups is 1. The highest BCUT2D eigenvalue weighted by molar-refractivity contribution is 6.32. The van der Waals surface area contributed by atoms with Crippen LogP contribution in [0.4, 0.5) is 0 Å². The molecule has 1 aromatic carbocycles. The van der Waals surface area contributed by atoms with E-state index in [0.29, 0.717) is 17.3 Å². The minimum absolute atomic E-state index is 0.0528. The summed E-state index contributed by atoms with van der Waals surface area (Å²) in [5.41, 5.74) is 1.03. The second-order valence-corrected chi connectivity index (χ2v) is 6.53. The Hall–Kier alpha value is -1.26. The number of benzene rings is 1. The Labute approximate surface area is 137 Å². The Kier molecular flexibility index (Phi) is 5.70. The Morgan fingerprint density at radius 3 is 2.86 bits per heavy atom. The van der Waals surface area contributed by atoms with Crippen molar-refractivity contribution in [2.24, 2.45) is 5.92 Å². The number of halogens is 1. The molecule has 122 valence electrons. The summed E-state index contributed by atoms with van der Waals surface area (Å²) < 4.78 is 5.75. The maximum Gasteiger partial charge on any atom is 0.263 e. The molecule has 22 heavy (non-hydrogen) atoms. The Bertz CT molecular complexity index is 533. The number of hydrogen-bond acceptors (Lipinski definition) is 3. The molecule has 1 fully saturated rings. The van der Waals surface area contributed by atoms with Gasteiger partial charge in [-0.05, 0) is 51.3 Å². The van der Waals surface area contributed by atoms with Crippen molar-refractivity contribution in [3.63, 3.8) is 0 Å². The lowest BCUT2D eigenvalue weighted by molar-refractivity contribution is -0.140. The number of aliphatic hydroxyl groups excluding tert-OH is 1. The molecule has 4 nitrogen and oxygen atoms in total. The summed E-state index contributed by atoms with van der Waals surface area (Å²) in [4.78, 5) is 14.3. The quantitative estimate of drug-likeness (QED) is 0.925. The highest BCUT2D eigenvalue weighted by Gasteiger charge is 2.29. The van der Waals surface area contributed by atoms with Gasteiger partial charge in [-0.15, -0.1) is 0 Å². The van der Waals surface area contributed by atoms with Gasteiger partial charge in [-0.1, -0.05) is 17.7 Å². The first-order chi connectivity index (χ1) is 10.4. The summed E-state index contributed by atoms with van der Waals surface area (Å²) in [6.45, 7) is 6.79. The largest absolute Gasteiger partial charge is 0.479 e. The smallest absolute Gasteiger partial charge is 0.263 e. The number of aryl methyl sites for hydroxylation is 1. The highest BCUT2D eigenvalue weighted by atomic mass is 35.5. The van der Waals surface area contributed by atoms with E-state index in [1.165, 1.54) is 0 Å². The zero-order chi connectivity index (χ0) is 16.3.